The number of nitrogens with two attached hydrogens (primary N) is 1. The van der Waals surface area contributed by atoms with Gasteiger partial charge in [-0.25, -0.2) is 9.67 Å². The Morgan fingerprint density at radius 1 is 1.26 bits per heavy atom. The minimum atomic E-state index is 0.107. The van der Waals surface area contributed by atoms with Crippen LogP contribution in [-0.4, -0.2) is 62.8 Å². The van der Waals surface area contributed by atoms with Crippen LogP contribution in [0.25, 0.3) is 0 Å². The van der Waals surface area contributed by atoms with Gasteiger partial charge in [0, 0.05) is 44.8 Å². The van der Waals surface area contributed by atoms with Crippen LogP contribution < -0.4 is 5.73 Å². The first-order valence-electron chi connectivity index (χ1n) is 7.11. The lowest BCUT2D eigenvalue weighted by Gasteiger charge is -2.43. The van der Waals surface area contributed by atoms with Crippen LogP contribution in [0.1, 0.15) is 26.6 Å². The Hall–Kier alpha value is -0.980. The highest BCUT2D eigenvalue weighted by molar-refractivity contribution is 4.89. The third-order valence-electron chi connectivity index (χ3n) is 4.09. The van der Waals surface area contributed by atoms with Gasteiger partial charge in [0.05, 0.1) is 6.54 Å². The zero-order valence-electron chi connectivity index (χ0n) is 12.3. The monoisotopic (exact) mass is 266 g/mol. The molecule has 0 amide bonds. The summed E-state index contributed by atoms with van der Waals surface area (Å²) in [6.45, 7) is 13.3. The summed E-state index contributed by atoms with van der Waals surface area (Å²) in [6.07, 6.45) is 1.65. The molecule has 2 rings (SSSR count). The second kappa shape index (κ2) is 5.98. The van der Waals surface area contributed by atoms with Gasteiger partial charge < -0.3 is 5.73 Å². The van der Waals surface area contributed by atoms with E-state index in [9.17, 15) is 0 Å². The van der Waals surface area contributed by atoms with Crippen LogP contribution in [0, 0.1) is 0 Å². The molecule has 0 saturated carbocycles. The molecule has 0 bridgehead atoms. The van der Waals surface area contributed by atoms with E-state index >= 15 is 0 Å². The number of piperazine rings is 1. The van der Waals surface area contributed by atoms with Gasteiger partial charge >= 0.3 is 0 Å². The summed E-state index contributed by atoms with van der Waals surface area (Å²) < 4.78 is 1.97. The summed E-state index contributed by atoms with van der Waals surface area (Å²) in [5.74, 6) is 1.06. The summed E-state index contributed by atoms with van der Waals surface area (Å²) in [6, 6.07) is 0. The van der Waals surface area contributed by atoms with E-state index in [1.807, 2.05) is 4.68 Å². The molecule has 1 aromatic rings. The van der Waals surface area contributed by atoms with Gasteiger partial charge in [-0.15, -0.1) is 0 Å². The van der Waals surface area contributed by atoms with Crippen LogP contribution in [-0.2, 0) is 13.1 Å². The summed E-state index contributed by atoms with van der Waals surface area (Å²) in [4.78, 5) is 9.27. The fourth-order valence-electron chi connectivity index (χ4n) is 2.52. The zero-order valence-corrected chi connectivity index (χ0v) is 12.3. The van der Waals surface area contributed by atoms with Gasteiger partial charge in [0.25, 0.3) is 0 Å². The average molecular weight is 266 g/mol. The number of rotatable bonds is 5. The molecule has 19 heavy (non-hydrogen) atoms. The van der Waals surface area contributed by atoms with Crippen molar-refractivity contribution in [3.8, 4) is 0 Å². The molecule has 2 N–H and O–H groups in total. The van der Waals surface area contributed by atoms with Crippen molar-refractivity contribution in [2.24, 2.45) is 5.73 Å². The molecule has 0 unspecified atom stereocenters. The van der Waals surface area contributed by atoms with E-state index in [-0.39, 0.29) is 5.54 Å². The molecule has 0 aromatic carbocycles. The second-order valence-corrected chi connectivity index (χ2v) is 5.77. The number of hydrogen-bond donors (Lipinski definition) is 1. The van der Waals surface area contributed by atoms with E-state index in [1.165, 1.54) is 0 Å². The highest BCUT2D eigenvalue weighted by atomic mass is 15.4. The number of nitrogens with zero attached hydrogens (tertiary/aromatic N) is 5. The van der Waals surface area contributed by atoms with Gasteiger partial charge in [-0.1, -0.05) is 0 Å². The molecule has 6 nitrogen and oxygen atoms in total. The summed E-state index contributed by atoms with van der Waals surface area (Å²) in [5.41, 5.74) is 5.95. The van der Waals surface area contributed by atoms with E-state index in [2.05, 4.69) is 40.7 Å². The molecule has 1 aromatic heterocycles. The van der Waals surface area contributed by atoms with Crippen molar-refractivity contribution in [2.45, 2.75) is 39.4 Å². The first-order valence-corrected chi connectivity index (χ1v) is 7.11. The lowest BCUT2D eigenvalue weighted by molar-refractivity contribution is 0.0522. The van der Waals surface area contributed by atoms with Crippen molar-refractivity contribution in [3.63, 3.8) is 0 Å². The third-order valence-corrected chi connectivity index (χ3v) is 4.09. The molecular weight excluding hydrogens is 240 g/mol. The smallest absolute Gasteiger partial charge is 0.140 e. The van der Waals surface area contributed by atoms with E-state index in [0.717, 1.165) is 45.1 Å². The first kappa shape index (κ1) is 14.4. The van der Waals surface area contributed by atoms with E-state index in [0.29, 0.717) is 6.54 Å². The summed E-state index contributed by atoms with van der Waals surface area (Å²) >= 11 is 0. The maximum absolute atomic E-state index is 5.84. The normalized spacial score (nSPS) is 18.9. The maximum Gasteiger partial charge on any atom is 0.140 e. The Labute approximate surface area is 115 Å². The maximum atomic E-state index is 5.84. The van der Waals surface area contributed by atoms with Crippen molar-refractivity contribution in [1.29, 1.82) is 0 Å². The molecule has 0 aliphatic carbocycles. The lowest BCUT2D eigenvalue weighted by Crippen LogP contribution is -2.57. The average Bonchev–Trinajstić information content (AvgIpc) is 2.86. The predicted octanol–water partition coefficient (Wildman–Crippen LogP) is 0.153. The number of aromatic nitrogens is 3. The molecule has 2 heterocycles. The van der Waals surface area contributed by atoms with Crippen molar-refractivity contribution in [3.05, 3.63) is 12.2 Å². The van der Waals surface area contributed by atoms with Gasteiger partial charge in [-0.3, -0.25) is 9.80 Å². The van der Waals surface area contributed by atoms with Crippen molar-refractivity contribution in [1.82, 2.24) is 24.6 Å². The molecule has 1 saturated heterocycles. The van der Waals surface area contributed by atoms with Crippen molar-refractivity contribution < 1.29 is 0 Å². The zero-order chi connectivity index (χ0) is 13.9. The van der Waals surface area contributed by atoms with Crippen LogP contribution in [0.5, 0.6) is 0 Å². The fraction of sp³-hybridized carbons (Fsp3) is 0.846. The van der Waals surface area contributed by atoms with Crippen LogP contribution in [0.15, 0.2) is 6.33 Å². The summed E-state index contributed by atoms with van der Waals surface area (Å²) in [5, 5.41) is 4.22. The minimum Gasteiger partial charge on any atom is -0.329 e. The standard InChI is InChI=1S/C13H26N6/c1-4-19-12(15-11-16-19)9-17-5-7-18(8-6-17)13(2,3)10-14/h11H,4-10,14H2,1-3H3. The Bertz CT molecular complexity index is 392. The topological polar surface area (TPSA) is 63.2 Å². The van der Waals surface area contributed by atoms with E-state index in [4.69, 9.17) is 5.73 Å². The van der Waals surface area contributed by atoms with Gasteiger partial charge in [0.1, 0.15) is 12.2 Å². The van der Waals surface area contributed by atoms with Gasteiger partial charge in [-0.05, 0) is 20.8 Å². The number of aryl methyl sites for hydroxylation is 1. The van der Waals surface area contributed by atoms with Crippen LogP contribution in [0.4, 0.5) is 0 Å². The molecular formula is C13H26N6. The molecule has 108 valence electrons. The molecule has 0 radical (unpaired) electrons. The molecule has 6 heteroatoms. The third kappa shape index (κ3) is 3.32. The quantitative estimate of drug-likeness (QED) is 0.822. The largest absolute Gasteiger partial charge is 0.329 e. The fourth-order valence-corrected chi connectivity index (χ4v) is 2.52. The van der Waals surface area contributed by atoms with E-state index in [1.54, 1.807) is 6.33 Å². The van der Waals surface area contributed by atoms with Crippen LogP contribution in [0.2, 0.25) is 0 Å². The molecule has 1 fully saturated rings. The number of hydrogen-bond acceptors (Lipinski definition) is 5. The molecule has 1 aliphatic heterocycles. The summed E-state index contributed by atoms with van der Waals surface area (Å²) in [7, 11) is 0. The second-order valence-electron chi connectivity index (χ2n) is 5.77. The van der Waals surface area contributed by atoms with Gasteiger partial charge in [-0.2, -0.15) is 5.10 Å². The van der Waals surface area contributed by atoms with Gasteiger partial charge in [0.2, 0.25) is 0 Å². The molecule has 0 atom stereocenters. The Balaban J connectivity index is 1.87. The lowest BCUT2D eigenvalue weighted by atomic mass is 10.0. The Kier molecular flexibility index (Phi) is 4.54. The van der Waals surface area contributed by atoms with Crippen molar-refractivity contribution >= 4 is 0 Å². The van der Waals surface area contributed by atoms with E-state index < -0.39 is 0 Å². The minimum absolute atomic E-state index is 0.107. The molecule has 1 aliphatic rings. The predicted molar refractivity (Wildman–Crippen MR) is 75.7 cm³/mol. The van der Waals surface area contributed by atoms with Crippen LogP contribution >= 0.6 is 0 Å². The Morgan fingerprint density at radius 3 is 2.53 bits per heavy atom. The highest BCUT2D eigenvalue weighted by Crippen LogP contribution is 2.16. The highest BCUT2D eigenvalue weighted by Gasteiger charge is 2.28. The first-order chi connectivity index (χ1) is 9.06. The Morgan fingerprint density at radius 2 is 1.95 bits per heavy atom. The van der Waals surface area contributed by atoms with Crippen LogP contribution in [0.3, 0.4) is 0 Å². The van der Waals surface area contributed by atoms with Crippen molar-refractivity contribution in [2.75, 3.05) is 32.7 Å². The van der Waals surface area contributed by atoms with Gasteiger partial charge in [0.15, 0.2) is 0 Å². The SMILES string of the molecule is CCn1ncnc1CN1CCN(C(C)(C)CN)CC1. The molecule has 0 spiro atoms.